The van der Waals surface area contributed by atoms with Gasteiger partial charge in [-0.3, -0.25) is 9.59 Å². The molecule has 1 fully saturated rings. The van der Waals surface area contributed by atoms with Gasteiger partial charge in [-0.05, 0) is 30.9 Å². The molecule has 1 N–H and O–H groups in total. The van der Waals surface area contributed by atoms with Crippen molar-refractivity contribution in [3.8, 4) is 6.07 Å². The zero-order chi connectivity index (χ0) is 16.2. The highest BCUT2D eigenvalue weighted by Crippen LogP contribution is 2.23. The van der Waals surface area contributed by atoms with Crippen molar-refractivity contribution in [1.29, 1.82) is 5.26 Å². The van der Waals surface area contributed by atoms with Crippen LogP contribution in [0.1, 0.15) is 48.2 Å². The van der Waals surface area contributed by atoms with Gasteiger partial charge in [0.05, 0.1) is 10.9 Å². The lowest BCUT2D eigenvalue weighted by Gasteiger charge is -2.21. The first-order chi connectivity index (χ1) is 11.2. The van der Waals surface area contributed by atoms with Gasteiger partial charge in [0.1, 0.15) is 6.07 Å². The Bertz CT molecular complexity index is 826. The van der Waals surface area contributed by atoms with Crippen LogP contribution in [0.2, 0.25) is 0 Å². The molecule has 0 bridgehead atoms. The summed E-state index contributed by atoms with van der Waals surface area (Å²) >= 11 is 0. The number of amides is 1. The average molecular weight is 310 g/mol. The Hall–Kier alpha value is -2.61. The van der Waals surface area contributed by atoms with Gasteiger partial charge in [-0.15, -0.1) is 0 Å². The predicted molar refractivity (Wildman–Crippen MR) is 86.1 cm³/mol. The molecule has 0 aliphatic heterocycles. The molecule has 1 aromatic heterocycles. The fourth-order valence-electron chi connectivity index (χ4n) is 3.09. The van der Waals surface area contributed by atoms with Crippen LogP contribution in [0.25, 0.3) is 11.0 Å². The highest BCUT2D eigenvalue weighted by atomic mass is 16.3. The molecule has 3 rings (SSSR count). The van der Waals surface area contributed by atoms with Gasteiger partial charge in [0, 0.05) is 12.6 Å². The molecule has 0 saturated heterocycles. The quantitative estimate of drug-likeness (QED) is 0.944. The van der Waals surface area contributed by atoms with Gasteiger partial charge in [0.2, 0.25) is 0 Å². The summed E-state index contributed by atoms with van der Waals surface area (Å²) in [5.41, 5.74) is 0.109. The smallest absolute Gasteiger partial charge is 0.287 e. The van der Waals surface area contributed by atoms with Crippen molar-refractivity contribution in [1.82, 2.24) is 5.32 Å². The van der Waals surface area contributed by atoms with E-state index in [1.165, 1.54) is 25.3 Å². The van der Waals surface area contributed by atoms with E-state index in [9.17, 15) is 9.59 Å². The van der Waals surface area contributed by atoms with Gasteiger partial charge in [-0.1, -0.05) is 25.3 Å². The number of carbonyl (C=O) groups excluding carboxylic acids is 1. The number of fused-ring (bicyclic) bond motifs is 1. The summed E-state index contributed by atoms with van der Waals surface area (Å²) < 4.78 is 5.53. The molecule has 1 saturated carbocycles. The van der Waals surface area contributed by atoms with Crippen LogP contribution in [0.4, 0.5) is 0 Å². The van der Waals surface area contributed by atoms with Crippen molar-refractivity contribution in [2.75, 3.05) is 6.54 Å². The number of rotatable bonds is 3. The number of para-hydroxylation sites is 1. The minimum Gasteiger partial charge on any atom is -0.449 e. The van der Waals surface area contributed by atoms with Crippen molar-refractivity contribution in [2.45, 2.75) is 32.1 Å². The van der Waals surface area contributed by atoms with Crippen LogP contribution in [-0.4, -0.2) is 12.5 Å². The number of nitrogens with zero attached hydrogens (tertiary/aromatic N) is 1. The Morgan fingerprint density at radius 3 is 2.83 bits per heavy atom. The van der Waals surface area contributed by atoms with Crippen molar-refractivity contribution in [3.63, 3.8) is 0 Å². The third kappa shape index (κ3) is 3.26. The zero-order valence-corrected chi connectivity index (χ0v) is 12.8. The molecule has 0 spiro atoms. The van der Waals surface area contributed by atoms with Crippen molar-refractivity contribution < 1.29 is 9.21 Å². The Kier molecular flexibility index (Phi) is 4.42. The topological polar surface area (TPSA) is 83.1 Å². The van der Waals surface area contributed by atoms with Gasteiger partial charge in [0.15, 0.2) is 16.8 Å². The number of hydrogen-bond acceptors (Lipinski definition) is 4. The predicted octanol–water partition coefficient (Wildman–Crippen LogP) is 2.97. The largest absolute Gasteiger partial charge is 0.449 e. The maximum atomic E-state index is 12.3. The van der Waals surface area contributed by atoms with Gasteiger partial charge in [-0.2, -0.15) is 5.26 Å². The molecule has 0 atom stereocenters. The van der Waals surface area contributed by atoms with Crippen LogP contribution < -0.4 is 10.7 Å². The van der Waals surface area contributed by atoms with Crippen molar-refractivity contribution in [2.24, 2.45) is 5.92 Å². The maximum Gasteiger partial charge on any atom is 0.287 e. The van der Waals surface area contributed by atoms with Gasteiger partial charge in [-0.25, -0.2) is 0 Å². The fraction of sp³-hybridized carbons (Fsp3) is 0.389. The van der Waals surface area contributed by atoms with Crippen LogP contribution in [-0.2, 0) is 0 Å². The zero-order valence-electron chi connectivity index (χ0n) is 12.8. The van der Waals surface area contributed by atoms with E-state index in [2.05, 4.69) is 5.32 Å². The molecular formula is C18H18N2O3. The highest BCUT2D eigenvalue weighted by Gasteiger charge is 2.17. The Morgan fingerprint density at radius 2 is 2.09 bits per heavy atom. The molecule has 0 unspecified atom stereocenters. The van der Waals surface area contributed by atoms with Gasteiger partial charge < -0.3 is 9.73 Å². The molecule has 23 heavy (non-hydrogen) atoms. The number of benzene rings is 1. The molecule has 1 aromatic carbocycles. The van der Waals surface area contributed by atoms with Crippen LogP contribution in [0, 0.1) is 17.2 Å². The van der Waals surface area contributed by atoms with Gasteiger partial charge >= 0.3 is 0 Å². The molecule has 2 aromatic rings. The highest BCUT2D eigenvalue weighted by molar-refractivity contribution is 5.93. The maximum absolute atomic E-state index is 12.3. The molecule has 1 heterocycles. The van der Waals surface area contributed by atoms with Crippen LogP contribution in [0.5, 0.6) is 0 Å². The summed E-state index contributed by atoms with van der Waals surface area (Å²) in [6.45, 7) is 0.598. The molecule has 0 radical (unpaired) electrons. The van der Waals surface area contributed by atoms with E-state index < -0.39 is 5.91 Å². The second kappa shape index (κ2) is 6.66. The second-order valence-corrected chi connectivity index (χ2v) is 5.98. The van der Waals surface area contributed by atoms with Crippen molar-refractivity contribution in [3.05, 3.63) is 45.8 Å². The third-order valence-corrected chi connectivity index (χ3v) is 4.37. The number of nitriles is 1. The minimum absolute atomic E-state index is 0.0407. The first kappa shape index (κ1) is 15.3. The van der Waals surface area contributed by atoms with Crippen LogP contribution in [0.3, 0.4) is 0 Å². The standard InChI is InChI=1S/C18H18N2O3/c19-10-13-7-4-8-14-15(21)9-16(23-17(13)14)18(22)20-11-12-5-2-1-3-6-12/h4,7-9,12H,1-3,5-6,11H2,(H,20,22). The van der Waals surface area contributed by atoms with Crippen LogP contribution >= 0.6 is 0 Å². The van der Waals surface area contributed by atoms with E-state index in [1.807, 2.05) is 6.07 Å². The van der Waals surface area contributed by atoms with E-state index >= 15 is 0 Å². The van der Waals surface area contributed by atoms with E-state index in [0.29, 0.717) is 17.8 Å². The monoisotopic (exact) mass is 310 g/mol. The first-order valence-corrected chi connectivity index (χ1v) is 7.94. The van der Waals surface area contributed by atoms with Crippen LogP contribution in [0.15, 0.2) is 33.5 Å². The van der Waals surface area contributed by atoms with E-state index in [0.717, 1.165) is 12.8 Å². The van der Waals surface area contributed by atoms with Gasteiger partial charge in [0.25, 0.3) is 5.91 Å². The lowest BCUT2D eigenvalue weighted by molar-refractivity contribution is 0.0916. The number of nitrogens with one attached hydrogen (secondary N) is 1. The first-order valence-electron chi connectivity index (χ1n) is 7.94. The minimum atomic E-state index is -0.401. The Balaban J connectivity index is 1.83. The number of carbonyl (C=O) groups is 1. The summed E-state index contributed by atoms with van der Waals surface area (Å²) in [6.07, 6.45) is 5.93. The van der Waals surface area contributed by atoms with Crippen molar-refractivity contribution >= 4 is 16.9 Å². The Morgan fingerprint density at radius 1 is 1.30 bits per heavy atom. The molecule has 1 aliphatic rings. The lowest BCUT2D eigenvalue weighted by atomic mass is 9.89. The fourth-order valence-corrected chi connectivity index (χ4v) is 3.09. The van der Waals surface area contributed by atoms with E-state index in [4.69, 9.17) is 9.68 Å². The summed E-state index contributed by atoms with van der Waals surface area (Å²) in [6, 6.07) is 7.96. The second-order valence-electron chi connectivity index (χ2n) is 5.98. The van der Waals surface area contributed by atoms with E-state index in [-0.39, 0.29) is 22.3 Å². The summed E-state index contributed by atoms with van der Waals surface area (Å²) in [4.78, 5) is 24.4. The SMILES string of the molecule is N#Cc1cccc2c(=O)cc(C(=O)NCC3CCCCC3)oc12. The Labute approximate surface area is 133 Å². The summed E-state index contributed by atoms with van der Waals surface area (Å²) in [5.74, 6) is 0.0536. The molecule has 5 heteroatoms. The lowest BCUT2D eigenvalue weighted by Crippen LogP contribution is -2.30. The third-order valence-electron chi connectivity index (χ3n) is 4.37. The molecule has 118 valence electrons. The summed E-state index contributed by atoms with van der Waals surface area (Å²) in [5, 5.41) is 12.3. The molecule has 1 amide bonds. The average Bonchev–Trinajstić information content (AvgIpc) is 2.60. The van der Waals surface area contributed by atoms with E-state index in [1.54, 1.807) is 18.2 Å². The molecule has 1 aliphatic carbocycles. The number of hydrogen-bond donors (Lipinski definition) is 1. The normalized spacial score (nSPS) is 15.3. The summed E-state index contributed by atoms with van der Waals surface area (Å²) in [7, 11) is 0. The molecule has 5 nitrogen and oxygen atoms in total. The molecular weight excluding hydrogens is 292 g/mol.